The highest BCUT2D eigenvalue weighted by atomic mass is 32.1. The summed E-state index contributed by atoms with van der Waals surface area (Å²) in [7, 11) is 0. The van der Waals surface area contributed by atoms with E-state index in [9.17, 15) is 10.5 Å². The Bertz CT molecular complexity index is 3360. The first kappa shape index (κ1) is 27.5. The van der Waals surface area contributed by atoms with Gasteiger partial charge in [0.2, 0.25) is 0 Å². The molecule has 0 bridgehead atoms. The van der Waals surface area contributed by atoms with E-state index >= 15 is 0 Å². The lowest BCUT2D eigenvalue weighted by Gasteiger charge is -2.19. The van der Waals surface area contributed by atoms with Crippen molar-refractivity contribution in [3.8, 4) is 23.5 Å². The van der Waals surface area contributed by atoms with Gasteiger partial charge in [0, 0.05) is 61.9 Å². The molecule has 0 atom stereocenters. The van der Waals surface area contributed by atoms with E-state index in [4.69, 9.17) is 0 Å². The van der Waals surface area contributed by atoms with E-state index in [1.54, 1.807) is 28.7 Å². The van der Waals surface area contributed by atoms with Crippen LogP contribution in [0.15, 0.2) is 133 Å². The Balaban J connectivity index is 1.42. The molecule has 0 saturated carbocycles. The van der Waals surface area contributed by atoms with E-state index in [1.807, 2.05) is 6.07 Å². The van der Waals surface area contributed by atoms with E-state index < -0.39 is 0 Å². The van der Waals surface area contributed by atoms with Crippen LogP contribution in [0.3, 0.4) is 0 Å². The van der Waals surface area contributed by atoms with Crippen molar-refractivity contribution in [2.45, 2.75) is 0 Å². The summed E-state index contributed by atoms with van der Waals surface area (Å²) in [6.07, 6.45) is 0. The average Bonchev–Trinajstić information content (AvgIpc) is 3.91. The van der Waals surface area contributed by atoms with E-state index in [2.05, 4.69) is 143 Å². The number of hydrogen-bond donors (Lipinski definition) is 0. The van der Waals surface area contributed by atoms with Crippen LogP contribution in [-0.4, -0.2) is 9.13 Å². The van der Waals surface area contributed by atoms with Crippen molar-refractivity contribution in [3.63, 3.8) is 0 Å². The zero-order valence-electron chi connectivity index (χ0n) is 26.3. The number of fused-ring (bicyclic) bond motifs is 14. The molecule has 0 unspecified atom stereocenters. The molecule has 50 heavy (non-hydrogen) atoms. The third-order valence-corrected chi connectivity index (χ3v) is 12.4. The summed E-state index contributed by atoms with van der Waals surface area (Å²) in [5.74, 6) is 0. The maximum Gasteiger partial charge on any atom is 0.101 e. The molecule has 7 aromatic carbocycles. The van der Waals surface area contributed by atoms with Crippen molar-refractivity contribution < 1.29 is 0 Å². The zero-order valence-corrected chi connectivity index (χ0v) is 27.9. The summed E-state index contributed by atoms with van der Waals surface area (Å²) in [6, 6.07) is 51.7. The van der Waals surface area contributed by atoms with Crippen LogP contribution < -0.4 is 0 Å². The number of para-hydroxylation sites is 2. The number of thiophene rings is 2. The van der Waals surface area contributed by atoms with Crippen LogP contribution in [0.4, 0.5) is 0 Å². The summed E-state index contributed by atoms with van der Waals surface area (Å²) >= 11 is 3.58. The predicted molar refractivity (Wildman–Crippen MR) is 210 cm³/mol. The molecular weight excluding hydrogens is 649 g/mol. The van der Waals surface area contributed by atoms with Crippen LogP contribution in [0.2, 0.25) is 0 Å². The quantitative estimate of drug-likeness (QED) is 0.184. The molecule has 0 fully saturated rings. The fraction of sp³-hybridized carbons (Fsp3) is 0. The van der Waals surface area contributed by atoms with E-state index in [0.717, 1.165) is 55.0 Å². The van der Waals surface area contributed by atoms with Gasteiger partial charge in [-0.2, -0.15) is 10.5 Å². The third kappa shape index (κ3) is 3.51. The minimum atomic E-state index is 0.445. The number of nitrogens with zero attached hydrogens (tertiary/aromatic N) is 4. The molecule has 0 N–H and O–H groups in total. The first-order chi connectivity index (χ1) is 24.7. The second-order valence-electron chi connectivity index (χ2n) is 12.7. The Hall–Kier alpha value is -6.44. The Morgan fingerprint density at radius 1 is 0.440 bits per heavy atom. The van der Waals surface area contributed by atoms with Crippen molar-refractivity contribution in [2.75, 3.05) is 0 Å². The van der Waals surface area contributed by atoms with E-state index in [-0.39, 0.29) is 0 Å². The first-order valence-electron chi connectivity index (χ1n) is 16.4. The van der Waals surface area contributed by atoms with Crippen LogP contribution >= 0.6 is 22.7 Å². The van der Waals surface area contributed by atoms with Gasteiger partial charge in [-0.1, -0.05) is 84.9 Å². The minimum Gasteiger partial charge on any atom is -0.306 e. The largest absolute Gasteiger partial charge is 0.306 e. The van der Waals surface area contributed by atoms with Crippen molar-refractivity contribution in [1.29, 1.82) is 10.5 Å². The van der Waals surface area contributed by atoms with Gasteiger partial charge in [0.1, 0.15) is 6.07 Å². The Labute approximate surface area is 293 Å². The van der Waals surface area contributed by atoms with Gasteiger partial charge in [-0.3, -0.25) is 0 Å². The second-order valence-corrected chi connectivity index (χ2v) is 14.9. The van der Waals surface area contributed by atoms with Gasteiger partial charge in [-0.15, -0.1) is 22.7 Å². The maximum absolute atomic E-state index is 11.0. The predicted octanol–water partition coefficient (Wildman–Crippen LogP) is 12.4. The molecule has 0 amide bonds. The lowest BCUT2D eigenvalue weighted by molar-refractivity contribution is 1.09. The third-order valence-electron chi connectivity index (χ3n) is 10.2. The van der Waals surface area contributed by atoms with Crippen LogP contribution in [0.1, 0.15) is 11.1 Å². The number of hydrogen-bond acceptors (Lipinski definition) is 4. The van der Waals surface area contributed by atoms with Gasteiger partial charge < -0.3 is 9.13 Å². The van der Waals surface area contributed by atoms with Gasteiger partial charge in [0.15, 0.2) is 0 Å². The summed E-state index contributed by atoms with van der Waals surface area (Å²) < 4.78 is 9.46. The smallest absolute Gasteiger partial charge is 0.101 e. The monoisotopic (exact) mass is 670 g/mol. The first-order valence-corrected chi connectivity index (χ1v) is 18.0. The van der Waals surface area contributed by atoms with Crippen LogP contribution in [0.25, 0.3) is 95.3 Å². The van der Waals surface area contributed by atoms with Gasteiger partial charge in [0.05, 0.1) is 50.6 Å². The zero-order chi connectivity index (χ0) is 33.1. The molecule has 0 spiro atoms. The van der Waals surface area contributed by atoms with E-state index in [0.29, 0.717) is 11.1 Å². The molecule has 230 valence electrons. The SMILES string of the molecule is N#Cc1cc(C#N)c(-n2c3ccccc3c3ccc4sc5ccccc5c4c32)c(-n2c3ccccc3c3ccc4sc5ccccc5c4c32)c1. The molecular formula is C44H22N4S2. The molecule has 0 aliphatic rings. The normalized spacial score (nSPS) is 12.0. The fourth-order valence-electron chi connectivity index (χ4n) is 8.19. The average molecular weight is 671 g/mol. The molecule has 0 aliphatic heterocycles. The Kier molecular flexibility index (Phi) is 5.52. The van der Waals surface area contributed by atoms with Gasteiger partial charge >= 0.3 is 0 Å². The van der Waals surface area contributed by atoms with Crippen molar-refractivity contribution in [2.24, 2.45) is 0 Å². The lowest BCUT2D eigenvalue weighted by atomic mass is 10.0. The number of nitriles is 2. The maximum atomic E-state index is 11.0. The summed E-state index contributed by atoms with van der Waals surface area (Å²) in [6.45, 7) is 0. The number of benzene rings is 7. The second kappa shape index (κ2) is 10.0. The fourth-order valence-corrected chi connectivity index (χ4v) is 10.4. The molecule has 11 aromatic rings. The molecule has 0 radical (unpaired) electrons. The van der Waals surface area contributed by atoms with Gasteiger partial charge in [0.25, 0.3) is 0 Å². The van der Waals surface area contributed by atoms with Gasteiger partial charge in [-0.05, 0) is 48.5 Å². The molecule has 6 heteroatoms. The van der Waals surface area contributed by atoms with Crippen molar-refractivity contribution in [3.05, 3.63) is 145 Å². The highest BCUT2D eigenvalue weighted by Gasteiger charge is 2.26. The summed E-state index contributed by atoms with van der Waals surface area (Å²) in [5, 5.41) is 30.6. The minimum absolute atomic E-state index is 0.445. The Morgan fingerprint density at radius 3 is 1.50 bits per heavy atom. The van der Waals surface area contributed by atoms with Crippen LogP contribution in [0.5, 0.6) is 0 Å². The molecule has 11 rings (SSSR count). The van der Waals surface area contributed by atoms with E-state index in [1.165, 1.54) is 40.3 Å². The molecule has 4 heterocycles. The van der Waals surface area contributed by atoms with Crippen LogP contribution in [0, 0.1) is 22.7 Å². The highest BCUT2D eigenvalue weighted by Crippen LogP contribution is 2.47. The van der Waals surface area contributed by atoms with Gasteiger partial charge in [-0.25, -0.2) is 0 Å². The van der Waals surface area contributed by atoms with Crippen molar-refractivity contribution in [1.82, 2.24) is 9.13 Å². The Morgan fingerprint density at radius 2 is 0.940 bits per heavy atom. The number of aromatic nitrogens is 2. The lowest BCUT2D eigenvalue weighted by Crippen LogP contribution is -2.07. The van der Waals surface area contributed by atoms with Crippen LogP contribution in [-0.2, 0) is 0 Å². The van der Waals surface area contributed by atoms with Crippen molar-refractivity contribution >= 4 is 107 Å². The molecule has 0 saturated heterocycles. The summed E-state index contributed by atoms with van der Waals surface area (Å²) in [5.41, 5.74) is 6.64. The standard InChI is InChI=1S/C44H22N4S2/c45-23-25-21-26(24-46)42(48-34-14-6-2-10-28(34)30-18-20-39-41(44(30)48)32-12-4-8-16-37(32)50-39)35(22-25)47-33-13-5-1-9-27(33)29-17-19-38-40(43(29)47)31-11-3-7-15-36(31)49-38/h1-22H. The topological polar surface area (TPSA) is 57.4 Å². The molecule has 4 aromatic heterocycles. The number of rotatable bonds is 2. The molecule has 4 nitrogen and oxygen atoms in total. The highest BCUT2D eigenvalue weighted by molar-refractivity contribution is 7.26. The summed E-state index contributed by atoms with van der Waals surface area (Å²) in [4.78, 5) is 0. The molecule has 0 aliphatic carbocycles.